The van der Waals surface area contributed by atoms with E-state index < -0.39 is 5.92 Å². The van der Waals surface area contributed by atoms with Crippen molar-refractivity contribution in [3.63, 3.8) is 0 Å². The lowest BCUT2D eigenvalue weighted by Gasteiger charge is -2.31. The minimum Gasteiger partial charge on any atom is -0.495 e. The molecule has 0 spiro atoms. The van der Waals surface area contributed by atoms with Crippen molar-refractivity contribution in [2.24, 2.45) is 7.05 Å². The summed E-state index contributed by atoms with van der Waals surface area (Å²) in [6.45, 7) is 0.650. The van der Waals surface area contributed by atoms with Gasteiger partial charge in [-0.2, -0.15) is 5.10 Å². The highest BCUT2D eigenvalue weighted by Crippen LogP contribution is 2.30. The predicted molar refractivity (Wildman–Crippen MR) is 118 cm³/mol. The highest BCUT2D eigenvalue weighted by Gasteiger charge is 2.35. The number of amides is 2. The number of fused-ring (bicyclic) bond motifs is 1. The third kappa shape index (κ3) is 4.64. The Kier molecular flexibility index (Phi) is 6.20. The second-order valence-corrected chi connectivity index (χ2v) is 7.86. The SMILES string of the molecule is COc1ccccc1NC(=O)[C@@H]1CN(C(=O)CCc2ccc(F)cc2)Cc2cn(C)nc21. The number of hydrogen-bond donors (Lipinski definition) is 1. The summed E-state index contributed by atoms with van der Waals surface area (Å²) in [6, 6.07) is 13.3. The van der Waals surface area contributed by atoms with Crippen molar-refractivity contribution in [3.05, 3.63) is 77.4 Å². The number of carbonyl (C=O) groups excluding carboxylic acids is 2. The Hall–Kier alpha value is -3.68. The Balaban J connectivity index is 1.50. The van der Waals surface area contributed by atoms with Crippen molar-refractivity contribution in [2.45, 2.75) is 25.3 Å². The fourth-order valence-electron chi connectivity index (χ4n) is 3.97. The smallest absolute Gasteiger partial charge is 0.235 e. The average Bonchev–Trinajstić information content (AvgIpc) is 3.18. The molecular formula is C24H25FN4O3. The summed E-state index contributed by atoms with van der Waals surface area (Å²) in [4.78, 5) is 27.8. The molecule has 32 heavy (non-hydrogen) atoms. The summed E-state index contributed by atoms with van der Waals surface area (Å²) in [7, 11) is 3.35. The third-order valence-corrected chi connectivity index (χ3v) is 5.61. The van der Waals surface area contributed by atoms with Gasteiger partial charge in [-0.05, 0) is 36.2 Å². The molecule has 0 saturated carbocycles. The zero-order valence-corrected chi connectivity index (χ0v) is 18.0. The van der Waals surface area contributed by atoms with Crippen LogP contribution in [0.25, 0.3) is 0 Å². The van der Waals surface area contributed by atoms with Gasteiger partial charge in [0.1, 0.15) is 17.5 Å². The number of ether oxygens (including phenoxy) is 1. The van der Waals surface area contributed by atoms with Gasteiger partial charge in [0.05, 0.1) is 18.5 Å². The quantitative estimate of drug-likeness (QED) is 0.644. The van der Waals surface area contributed by atoms with Crippen LogP contribution in [0.4, 0.5) is 10.1 Å². The summed E-state index contributed by atoms with van der Waals surface area (Å²) in [5, 5.41) is 7.40. The first-order chi connectivity index (χ1) is 15.4. The van der Waals surface area contributed by atoms with Crippen LogP contribution < -0.4 is 10.1 Å². The van der Waals surface area contributed by atoms with E-state index in [2.05, 4.69) is 10.4 Å². The van der Waals surface area contributed by atoms with Gasteiger partial charge in [0.2, 0.25) is 11.8 Å². The lowest BCUT2D eigenvalue weighted by atomic mass is 9.95. The van der Waals surface area contributed by atoms with Crippen LogP contribution in [0.15, 0.2) is 54.7 Å². The molecule has 4 rings (SSSR count). The van der Waals surface area contributed by atoms with E-state index in [1.165, 1.54) is 12.1 Å². The summed E-state index contributed by atoms with van der Waals surface area (Å²) in [5.74, 6) is -0.640. The van der Waals surface area contributed by atoms with Gasteiger partial charge in [0, 0.05) is 38.3 Å². The molecule has 0 fully saturated rings. The number of halogens is 1. The van der Waals surface area contributed by atoms with E-state index >= 15 is 0 Å². The zero-order chi connectivity index (χ0) is 22.7. The van der Waals surface area contributed by atoms with Crippen LogP contribution in [0.3, 0.4) is 0 Å². The Labute approximate surface area is 185 Å². The minimum absolute atomic E-state index is 0.0566. The monoisotopic (exact) mass is 436 g/mol. The molecular weight excluding hydrogens is 411 g/mol. The van der Waals surface area contributed by atoms with E-state index in [9.17, 15) is 14.0 Å². The Morgan fingerprint density at radius 3 is 2.69 bits per heavy atom. The van der Waals surface area contributed by atoms with Crippen LogP contribution in [0.1, 0.15) is 29.2 Å². The largest absolute Gasteiger partial charge is 0.495 e. The number of nitrogens with one attached hydrogen (secondary N) is 1. The Morgan fingerprint density at radius 1 is 1.19 bits per heavy atom. The average molecular weight is 436 g/mol. The second-order valence-electron chi connectivity index (χ2n) is 7.86. The molecule has 0 saturated heterocycles. The lowest BCUT2D eigenvalue weighted by Crippen LogP contribution is -2.42. The maximum atomic E-state index is 13.2. The zero-order valence-electron chi connectivity index (χ0n) is 18.0. The molecule has 2 heterocycles. The number of methoxy groups -OCH3 is 1. The molecule has 166 valence electrons. The summed E-state index contributed by atoms with van der Waals surface area (Å²) in [6.07, 6.45) is 2.63. The molecule has 0 bridgehead atoms. The number of benzene rings is 2. The first kappa shape index (κ1) is 21.5. The standard InChI is InChI=1S/C24H25FN4O3/c1-28-13-17-14-29(22(30)12-9-16-7-10-18(25)11-8-16)15-19(23(17)27-28)24(31)26-20-5-3-4-6-21(20)32-2/h3-8,10-11,13,19H,9,12,14-15H2,1-2H3,(H,26,31)/t19-/m1/s1. The number of hydrogen-bond acceptors (Lipinski definition) is 4. The molecule has 1 aliphatic rings. The van der Waals surface area contributed by atoms with Gasteiger partial charge in [-0.15, -0.1) is 0 Å². The molecule has 0 radical (unpaired) electrons. The highest BCUT2D eigenvalue weighted by molar-refractivity contribution is 5.97. The van der Waals surface area contributed by atoms with E-state index in [0.717, 1.165) is 11.1 Å². The van der Waals surface area contributed by atoms with Crippen LogP contribution in [-0.4, -0.2) is 40.1 Å². The van der Waals surface area contributed by atoms with Gasteiger partial charge in [0.15, 0.2) is 0 Å². The number of carbonyl (C=O) groups is 2. The Morgan fingerprint density at radius 2 is 1.94 bits per heavy atom. The van der Waals surface area contributed by atoms with Crippen LogP contribution in [0, 0.1) is 5.82 Å². The van der Waals surface area contributed by atoms with Gasteiger partial charge in [0.25, 0.3) is 0 Å². The van der Waals surface area contributed by atoms with Gasteiger partial charge in [-0.1, -0.05) is 24.3 Å². The van der Waals surface area contributed by atoms with Crippen molar-refractivity contribution in [1.82, 2.24) is 14.7 Å². The molecule has 1 aliphatic heterocycles. The van der Waals surface area contributed by atoms with Crippen LogP contribution in [0.5, 0.6) is 5.75 Å². The number of para-hydroxylation sites is 2. The van der Waals surface area contributed by atoms with Gasteiger partial charge in [-0.3, -0.25) is 14.3 Å². The van der Waals surface area contributed by atoms with Crippen molar-refractivity contribution in [3.8, 4) is 5.75 Å². The first-order valence-corrected chi connectivity index (χ1v) is 10.4. The maximum absolute atomic E-state index is 13.2. The maximum Gasteiger partial charge on any atom is 0.235 e. The van der Waals surface area contributed by atoms with Crippen molar-refractivity contribution < 1.29 is 18.7 Å². The minimum atomic E-state index is -0.598. The van der Waals surface area contributed by atoms with E-state index in [1.807, 2.05) is 18.3 Å². The van der Waals surface area contributed by atoms with E-state index in [1.54, 1.807) is 48.0 Å². The summed E-state index contributed by atoms with van der Waals surface area (Å²) >= 11 is 0. The number of aryl methyl sites for hydroxylation is 2. The van der Waals surface area contributed by atoms with Gasteiger partial charge in [-0.25, -0.2) is 4.39 Å². The first-order valence-electron chi connectivity index (χ1n) is 10.4. The molecule has 0 unspecified atom stereocenters. The molecule has 2 amide bonds. The molecule has 7 nitrogen and oxygen atoms in total. The number of rotatable bonds is 6. The fourth-order valence-corrected chi connectivity index (χ4v) is 3.97. The molecule has 8 heteroatoms. The molecule has 1 N–H and O–H groups in total. The molecule has 1 atom stereocenters. The van der Waals surface area contributed by atoms with Gasteiger partial charge < -0.3 is 15.0 Å². The summed E-state index contributed by atoms with van der Waals surface area (Å²) < 4.78 is 20.1. The van der Waals surface area contributed by atoms with Crippen molar-refractivity contribution in [1.29, 1.82) is 0 Å². The van der Waals surface area contributed by atoms with E-state index in [4.69, 9.17) is 4.74 Å². The van der Waals surface area contributed by atoms with Crippen LogP contribution in [-0.2, 0) is 29.6 Å². The molecule has 2 aromatic carbocycles. The highest BCUT2D eigenvalue weighted by atomic mass is 19.1. The topological polar surface area (TPSA) is 76.5 Å². The second kappa shape index (κ2) is 9.21. The molecule has 3 aromatic rings. The molecule has 0 aliphatic carbocycles. The summed E-state index contributed by atoms with van der Waals surface area (Å²) in [5.41, 5.74) is 3.00. The number of nitrogens with zero attached hydrogens (tertiary/aromatic N) is 3. The van der Waals surface area contributed by atoms with Crippen LogP contribution in [0.2, 0.25) is 0 Å². The van der Waals surface area contributed by atoms with Crippen molar-refractivity contribution in [2.75, 3.05) is 19.0 Å². The van der Waals surface area contributed by atoms with Gasteiger partial charge >= 0.3 is 0 Å². The van der Waals surface area contributed by atoms with Crippen molar-refractivity contribution >= 4 is 17.5 Å². The normalized spacial score (nSPS) is 15.2. The Bertz CT molecular complexity index is 1130. The van der Waals surface area contributed by atoms with E-state index in [-0.39, 0.29) is 30.6 Å². The van der Waals surface area contributed by atoms with E-state index in [0.29, 0.717) is 30.1 Å². The third-order valence-electron chi connectivity index (χ3n) is 5.61. The number of anilines is 1. The lowest BCUT2D eigenvalue weighted by molar-refractivity contribution is -0.133. The predicted octanol–water partition coefficient (Wildman–Crippen LogP) is 3.27. The molecule has 1 aromatic heterocycles. The number of aromatic nitrogens is 2. The fraction of sp³-hybridized carbons (Fsp3) is 0.292. The van der Waals surface area contributed by atoms with Crippen LogP contribution >= 0.6 is 0 Å².